The summed E-state index contributed by atoms with van der Waals surface area (Å²) in [5.41, 5.74) is 1.09. The van der Waals surface area contributed by atoms with Crippen molar-refractivity contribution in [2.75, 3.05) is 49.6 Å². The number of Topliss-reactive ketones (excluding diaryl/α,β-unsaturated/α-hetero) is 1. The summed E-state index contributed by atoms with van der Waals surface area (Å²) in [6.45, 7) is 1.87. The van der Waals surface area contributed by atoms with E-state index in [9.17, 15) is 13.2 Å². The average Bonchev–Trinajstić information content (AvgIpc) is 2.77. The van der Waals surface area contributed by atoms with Gasteiger partial charge in [-0.15, -0.1) is 0 Å². The molecule has 0 aliphatic rings. The molecule has 0 saturated carbocycles. The van der Waals surface area contributed by atoms with Gasteiger partial charge in [0.05, 0.1) is 16.2 Å². The number of thiol groups is 1. The Balaban J connectivity index is 1.76. The van der Waals surface area contributed by atoms with Crippen LogP contribution in [0.4, 0.5) is 11.6 Å². The zero-order valence-electron chi connectivity index (χ0n) is 18.3. The minimum Gasteiger partial charge on any atom is -0.360 e. The Morgan fingerprint density at radius 2 is 1.84 bits per heavy atom. The van der Waals surface area contributed by atoms with Crippen molar-refractivity contribution in [1.82, 2.24) is 14.9 Å². The van der Waals surface area contributed by atoms with Gasteiger partial charge >= 0.3 is 0 Å². The highest BCUT2D eigenvalue weighted by Gasteiger charge is 2.16. The monoisotopic (exact) mass is 473 g/mol. The van der Waals surface area contributed by atoms with Crippen LogP contribution in [0.25, 0.3) is 10.9 Å². The number of ketones is 1. The number of carbonyl (C=O) groups is 1. The van der Waals surface area contributed by atoms with Crippen molar-refractivity contribution in [3.63, 3.8) is 0 Å². The second kappa shape index (κ2) is 10.3. The Morgan fingerprint density at radius 1 is 1.06 bits per heavy atom. The lowest BCUT2D eigenvalue weighted by molar-refractivity contribution is 0.102. The third-order valence-electron chi connectivity index (χ3n) is 4.91. The number of hydrogen-bond acceptors (Lipinski definition) is 8. The third-order valence-corrected chi connectivity index (χ3v) is 6.55. The molecule has 0 unspecified atom stereocenters. The van der Waals surface area contributed by atoms with Gasteiger partial charge in [0.15, 0.2) is 5.78 Å². The molecule has 1 aromatic carbocycles. The molecule has 0 spiro atoms. The smallest absolute Gasteiger partial charge is 0.263 e. The van der Waals surface area contributed by atoms with E-state index in [4.69, 9.17) is 0 Å². The van der Waals surface area contributed by atoms with E-state index in [1.165, 1.54) is 24.4 Å². The molecule has 0 saturated heterocycles. The summed E-state index contributed by atoms with van der Waals surface area (Å²) >= 11 is 3.94. The van der Waals surface area contributed by atoms with Gasteiger partial charge < -0.3 is 9.80 Å². The molecule has 2 aromatic heterocycles. The number of pyridine rings is 2. The predicted octanol–water partition coefficient (Wildman–Crippen LogP) is 2.93. The van der Waals surface area contributed by atoms with Crippen LogP contribution in [0.2, 0.25) is 0 Å². The fraction of sp³-hybridized carbons (Fsp3) is 0.318. The first-order chi connectivity index (χ1) is 15.2. The average molecular weight is 474 g/mol. The fourth-order valence-electron chi connectivity index (χ4n) is 3.12. The van der Waals surface area contributed by atoms with E-state index < -0.39 is 10.0 Å². The molecular weight excluding hydrogens is 446 g/mol. The van der Waals surface area contributed by atoms with E-state index in [1.807, 2.05) is 33.3 Å². The topological polar surface area (TPSA) is 95.5 Å². The van der Waals surface area contributed by atoms with E-state index in [1.54, 1.807) is 12.1 Å². The van der Waals surface area contributed by atoms with Crippen molar-refractivity contribution in [2.45, 2.75) is 11.3 Å². The fourth-order valence-corrected chi connectivity index (χ4v) is 4.34. The van der Waals surface area contributed by atoms with Crippen LogP contribution in [0, 0.1) is 0 Å². The lowest BCUT2D eigenvalue weighted by atomic mass is 10.2. The van der Waals surface area contributed by atoms with Crippen LogP contribution in [-0.4, -0.2) is 69.1 Å². The van der Waals surface area contributed by atoms with Crippen molar-refractivity contribution in [1.29, 1.82) is 0 Å². The van der Waals surface area contributed by atoms with Crippen LogP contribution in [0.1, 0.15) is 16.8 Å². The number of hydrogen-bond donors (Lipinski definition) is 2. The Hall–Kier alpha value is -2.69. The van der Waals surface area contributed by atoms with Crippen LogP contribution in [0.3, 0.4) is 0 Å². The standard InChI is InChI=1S/C22H27N5O3S2/c1-26(2)11-4-12-27(3)22-10-6-16-13-18(7-8-19(16)24-22)32(29,30)25-21-9-5-17(14-23-21)20(28)15-31/h5-10,13-14,31H,4,11-12,15H2,1-3H3,(H,23,25). The van der Waals surface area contributed by atoms with E-state index in [0.717, 1.165) is 30.7 Å². The summed E-state index contributed by atoms with van der Waals surface area (Å²) in [6.07, 6.45) is 2.35. The normalized spacial score (nSPS) is 11.7. The number of fused-ring (bicyclic) bond motifs is 1. The first-order valence-electron chi connectivity index (χ1n) is 10.1. The van der Waals surface area contributed by atoms with Crippen LogP contribution in [-0.2, 0) is 10.0 Å². The van der Waals surface area contributed by atoms with Gasteiger partial charge in [-0.05, 0) is 69.5 Å². The molecule has 0 aliphatic heterocycles. The van der Waals surface area contributed by atoms with E-state index in [2.05, 4.69) is 37.1 Å². The molecule has 0 fully saturated rings. The molecule has 0 bridgehead atoms. The number of rotatable bonds is 10. The van der Waals surface area contributed by atoms with E-state index in [-0.39, 0.29) is 22.2 Å². The van der Waals surface area contributed by atoms with E-state index >= 15 is 0 Å². The summed E-state index contributed by atoms with van der Waals surface area (Å²) in [6, 6.07) is 11.5. The Labute approximate surface area is 194 Å². The van der Waals surface area contributed by atoms with Crippen molar-refractivity contribution in [3.8, 4) is 0 Å². The summed E-state index contributed by atoms with van der Waals surface area (Å²) in [5.74, 6) is 0.851. The molecule has 0 radical (unpaired) electrons. The van der Waals surface area contributed by atoms with Crippen molar-refractivity contribution in [3.05, 3.63) is 54.2 Å². The van der Waals surface area contributed by atoms with Crippen LogP contribution in [0.5, 0.6) is 0 Å². The highest BCUT2D eigenvalue weighted by atomic mass is 32.2. The quantitative estimate of drug-likeness (QED) is 0.345. The third kappa shape index (κ3) is 5.96. The minimum atomic E-state index is -3.85. The van der Waals surface area contributed by atoms with Crippen molar-refractivity contribution < 1.29 is 13.2 Å². The number of aromatic nitrogens is 2. The van der Waals surface area contributed by atoms with Gasteiger partial charge in [-0.2, -0.15) is 12.6 Å². The number of carbonyl (C=O) groups excluding carboxylic acids is 1. The van der Waals surface area contributed by atoms with Gasteiger partial charge in [-0.1, -0.05) is 0 Å². The highest BCUT2D eigenvalue weighted by molar-refractivity contribution is 7.92. The van der Waals surface area contributed by atoms with Crippen LogP contribution in [0.15, 0.2) is 53.6 Å². The van der Waals surface area contributed by atoms with Gasteiger partial charge in [0, 0.05) is 30.7 Å². The van der Waals surface area contributed by atoms with Gasteiger partial charge in [0.2, 0.25) is 0 Å². The number of nitrogens with one attached hydrogen (secondary N) is 1. The molecule has 3 rings (SSSR count). The maximum atomic E-state index is 12.8. The molecule has 3 aromatic rings. The number of benzene rings is 1. The number of nitrogens with zero attached hydrogens (tertiary/aromatic N) is 4. The van der Waals surface area contributed by atoms with Crippen molar-refractivity contribution in [2.24, 2.45) is 0 Å². The van der Waals surface area contributed by atoms with E-state index in [0.29, 0.717) is 11.1 Å². The van der Waals surface area contributed by atoms with Crippen molar-refractivity contribution >= 4 is 51.0 Å². The molecule has 0 amide bonds. The Morgan fingerprint density at radius 3 is 2.50 bits per heavy atom. The van der Waals surface area contributed by atoms with Gasteiger partial charge in [-0.25, -0.2) is 18.4 Å². The zero-order chi connectivity index (χ0) is 23.3. The highest BCUT2D eigenvalue weighted by Crippen LogP contribution is 2.22. The Bertz CT molecular complexity index is 1200. The molecular formula is C22H27N5O3S2. The molecule has 2 heterocycles. The maximum absolute atomic E-state index is 12.8. The second-order valence-corrected chi connectivity index (χ2v) is 9.72. The minimum absolute atomic E-state index is 0.0610. The second-order valence-electron chi connectivity index (χ2n) is 7.72. The molecule has 170 valence electrons. The van der Waals surface area contributed by atoms with Gasteiger partial charge in [0.25, 0.3) is 10.0 Å². The lowest BCUT2D eigenvalue weighted by Gasteiger charge is -2.20. The number of sulfonamides is 1. The lowest BCUT2D eigenvalue weighted by Crippen LogP contribution is -2.24. The summed E-state index contributed by atoms with van der Waals surface area (Å²) in [7, 11) is 2.24. The summed E-state index contributed by atoms with van der Waals surface area (Å²) in [5, 5.41) is 0.723. The molecule has 0 atom stereocenters. The first-order valence-corrected chi connectivity index (χ1v) is 12.2. The van der Waals surface area contributed by atoms with Gasteiger partial charge in [-0.3, -0.25) is 9.52 Å². The SMILES string of the molecule is CN(C)CCCN(C)c1ccc2cc(S(=O)(=O)Nc3ccc(C(=O)CS)cn3)ccc2n1. The molecule has 8 nitrogen and oxygen atoms in total. The van der Waals surface area contributed by atoms with Crippen LogP contribution < -0.4 is 9.62 Å². The Kier molecular flexibility index (Phi) is 7.70. The molecule has 10 heteroatoms. The summed E-state index contributed by atoms with van der Waals surface area (Å²) < 4.78 is 28.1. The molecule has 32 heavy (non-hydrogen) atoms. The number of anilines is 2. The summed E-state index contributed by atoms with van der Waals surface area (Å²) in [4.78, 5) is 24.7. The molecule has 0 aliphatic carbocycles. The molecule has 1 N–H and O–H groups in total. The maximum Gasteiger partial charge on any atom is 0.263 e. The largest absolute Gasteiger partial charge is 0.360 e. The van der Waals surface area contributed by atoms with Gasteiger partial charge in [0.1, 0.15) is 11.6 Å². The van der Waals surface area contributed by atoms with Crippen LogP contribution >= 0.6 is 12.6 Å². The predicted molar refractivity (Wildman–Crippen MR) is 131 cm³/mol. The zero-order valence-corrected chi connectivity index (χ0v) is 20.0. The first kappa shape index (κ1) is 24.0.